The van der Waals surface area contributed by atoms with Crippen LogP contribution in [0.3, 0.4) is 0 Å². The average molecular weight is 299 g/mol. The van der Waals surface area contributed by atoms with Crippen LogP contribution in [0.5, 0.6) is 0 Å². The maximum absolute atomic E-state index is 13.0. The second-order valence-corrected chi connectivity index (χ2v) is 5.80. The molecule has 1 aromatic rings. The van der Waals surface area contributed by atoms with E-state index in [9.17, 15) is 13.9 Å². The molecule has 5 heteroatoms. The van der Waals surface area contributed by atoms with E-state index in [0.717, 1.165) is 18.6 Å². The van der Waals surface area contributed by atoms with Gasteiger partial charge in [0.2, 0.25) is 0 Å². The van der Waals surface area contributed by atoms with E-state index >= 15 is 0 Å². The summed E-state index contributed by atoms with van der Waals surface area (Å²) in [6, 6.07) is 3.57. The summed E-state index contributed by atoms with van der Waals surface area (Å²) in [7, 11) is 0. The number of nitrogens with one attached hydrogen (secondary N) is 1. The fourth-order valence-electron chi connectivity index (χ4n) is 2.67. The van der Waals surface area contributed by atoms with Crippen molar-refractivity contribution in [3.05, 3.63) is 29.8 Å². The minimum Gasteiger partial charge on any atom is -0.389 e. The lowest BCUT2D eigenvalue weighted by Crippen LogP contribution is -2.32. The molecule has 1 aromatic carbocycles. The Labute approximate surface area is 124 Å². The van der Waals surface area contributed by atoms with E-state index in [2.05, 4.69) is 12.2 Å². The molecule has 1 saturated carbocycles. The third-order valence-electron chi connectivity index (χ3n) is 4.00. The highest BCUT2D eigenvalue weighted by molar-refractivity contribution is 5.43. The van der Waals surface area contributed by atoms with Crippen LogP contribution >= 0.6 is 0 Å². The molecule has 3 unspecified atom stereocenters. The fraction of sp³-hybridized carbons (Fsp3) is 0.625. The molecule has 1 aliphatic carbocycles. The summed E-state index contributed by atoms with van der Waals surface area (Å²) in [5, 5.41) is 12.8. The molecular weight excluding hydrogens is 276 g/mol. The predicted molar refractivity (Wildman–Crippen MR) is 78.2 cm³/mol. The molecule has 2 rings (SSSR count). The molecule has 0 heterocycles. The second kappa shape index (κ2) is 7.71. The van der Waals surface area contributed by atoms with Crippen molar-refractivity contribution in [2.45, 2.75) is 44.8 Å². The van der Waals surface area contributed by atoms with Gasteiger partial charge in [-0.3, -0.25) is 0 Å². The van der Waals surface area contributed by atoms with E-state index in [-0.39, 0.29) is 19.3 Å². The number of hydrogen-bond donors (Lipinski definition) is 2. The Kier molecular flexibility index (Phi) is 5.94. The summed E-state index contributed by atoms with van der Waals surface area (Å²) in [4.78, 5) is 0. The van der Waals surface area contributed by atoms with Gasteiger partial charge in [-0.05, 0) is 30.9 Å². The largest absolute Gasteiger partial charge is 0.389 e. The molecular formula is C16H23F2NO2. The minimum absolute atomic E-state index is 0.219. The van der Waals surface area contributed by atoms with Crippen molar-refractivity contribution >= 4 is 5.69 Å². The van der Waals surface area contributed by atoms with Crippen LogP contribution in [0.25, 0.3) is 0 Å². The van der Waals surface area contributed by atoms with Gasteiger partial charge in [0.15, 0.2) is 11.6 Å². The molecule has 3 nitrogen and oxygen atoms in total. The first-order valence-corrected chi connectivity index (χ1v) is 7.55. The first-order valence-electron chi connectivity index (χ1n) is 7.55. The van der Waals surface area contributed by atoms with E-state index in [4.69, 9.17) is 4.74 Å². The van der Waals surface area contributed by atoms with Crippen LogP contribution in [-0.2, 0) is 4.74 Å². The number of aliphatic hydroxyl groups excluding tert-OH is 1. The summed E-state index contributed by atoms with van der Waals surface area (Å²) in [6.07, 6.45) is 4.20. The second-order valence-electron chi connectivity index (χ2n) is 5.80. The van der Waals surface area contributed by atoms with Gasteiger partial charge in [0.05, 0.1) is 18.8 Å². The SMILES string of the molecule is CC1CCCCC1OCC(O)CNc1ccc(F)c(F)c1. The van der Waals surface area contributed by atoms with Gasteiger partial charge < -0.3 is 15.2 Å². The van der Waals surface area contributed by atoms with Gasteiger partial charge in [0, 0.05) is 18.3 Å². The van der Waals surface area contributed by atoms with Gasteiger partial charge >= 0.3 is 0 Å². The summed E-state index contributed by atoms with van der Waals surface area (Å²) in [5.74, 6) is -1.25. The normalized spacial score (nSPS) is 23.8. The summed E-state index contributed by atoms with van der Waals surface area (Å²) in [6.45, 7) is 2.67. The topological polar surface area (TPSA) is 41.5 Å². The molecule has 0 saturated heterocycles. The van der Waals surface area contributed by atoms with Crippen LogP contribution in [0.15, 0.2) is 18.2 Å². The van der Waals surface area contributed by atoms with Crippen LogP contribution < -0.4 is 5.32 Å². The number of hydrogen-bond acceptors (Lipinski definition) is 3. The van der Waals surface area contributed by atoms with E-state index in [1.165, 1.54) is 25.3 Å². The Bertz CT molecular complexity index is 456. The third kappa shape index (κ3) is 4.93. The number of aliphatic hydroxyl groups is 1. The molecule has 0 aromatic heterocycles. The zero-order valence-electron chi connectivity index (χ0n) is 12.3. The highest BCUT2D eigenvalue weighted by Gasteiger charge is 2.22. The van der Waals surface area contributed by atoms with Gasteiger partial charge in [-0.1, -0.05) is 19.8 Å². The molecule has 21 heavy (non-hydrogen) atoms. The van der Waals surface area contributed by atoms with Crippen molar-refractivity contribution in [1.82, 2.24) is 0 Å². The molecule has 0 spiro atoms. The standard InChI is InChI=1S/C16H23F2NO2/c1-11-4-2-3-5-16(11)21-10-13(20)9-19-12-6-7-14(17)15(18)8-12/h6-8,11,13,16,19-20H,2-5,9-10H2,1H3. The maximum Gasteiger partial charge on any atom is 0.160 e. The van der Waals surface area contributed by atoms with Crippen molar-refractivity contribution in [1.29, 1.82) is 0 Å². The maximum atomic E-state index is 13.0. The Morgan fingerprint density at radius 2 is 2.05 bits per heavy atom. The molecule has 0 aliphatic heterocycles. The van der Waals surface area contributed by atoms with Gasteiger partial charge in [-0.15, -0.1) is 0 Å². The first-order chi connectivity index (χ1) is 10.1. The van der Waals surface area contributed by atoms with Gasteiger partial charge in [-0.25, -0.2) is 8.78 Å². The Balaban J connectivity index is 1.71. The van der Waals surface area contributed by atoms with Gasteiger partial charge in [-0.2, -0.15) is 0 Å². The molecule has 1 fully saturated rings. The Hall–Kier alpha value is -1.20. The van der Waals surface area contributed by atoms with Gasteiger partial charge in [0.1, 0.15) is 0 Å². The van der Waals surface area contributed by atoms with Crippen molar-refractivity contribution in [2.75, 3.05) is 18.5 Å². The van der Waals surface area contributed by atoms with Crippen molar-refractivity contribution in [3.63, 3.8) is 0 Å². The molecule has 118 valence electrons. The monoisotopic (exact) mass is 299 g/mol. The number of anilines is 1. The third-order valence-corrected chi connectivity index (χ3v) is 4.00. The van der Waals surface area contributed by atoms with Crippen LogP contribution in [0.4, 0.5) is 14.5 Å². The summed E-state index contributed by atoms with van der Waals surface area (Å²) < 4.78 is 31.6. The molecule has 0 bridgehead atoms. The lowest BCUT2D eigenvalue weighted by atomic mass is 9.88. The Morgan fingerprint density at radius 1 is 1.29 bits per heavy atom. The van der Waals surface area contributed by atoms with Crippen molar-refractivity contribution in [2.24, 2.45) is 5.92 Å². The fourth-order valence-corrected chi connectivity index (χ4v) is 2.67. The quantitative estimate of drug-likeness (QED) is 0.846. The van der Waals surface area contributed by atoms with Crippen LogP contribution in [0.1, 0.15) is 32.6 Å². The molecule has 3 atom stereocenters. The highest BCUT2D eigenvalue weighted by atomic mass is 19.2. The number of ether oxygens (including phenoxy) is 1. The number of rotatable bonds is 6. The zero-order valence-corrected chi connectivity index (χ0v) is 12.3. The molecule has 1 aliphatic rings. The van der Waals surface area contributed by atoms with Crippen LogP contribution in [0.2, 0.25) is 0 Å². The van der Waals surface area contributed by atoms with E-state index in [1.807, 2.05) is 0 Å². The number of benzene rings is 1. The molecule has 0 amide bonds. The summed E-state index contributed by atoms with van der Waals surface area (Å²) >= 11 is 0. The van der Waals surface area contributed by atoms with Crippen molar-refractivity contribution < 1.29 is 18.6 Å². The molecule has 0 radical (unpaired) electrons. The lowest BCUT2D eigenvalue weighted by Gasteiger charge is -2.29. The van der Waals surface area contributed by atoms with Gasteiger partial charge in [0.25, 0.3) is 0 Å². The number of halogens is 2. The predicted octanol–water partition coefficient (Wildman–Crippen LogP) is 3.33. The van der Waals surface area contributed by atoms with E-state index in [0.29, 0.717) is 11.6 Å². The minimum atomic E-state index is -0.901. The first kappa shape index (κ1) is 16.2. The van der Waals surface area contributed by atoms with E-state index in [1.54, 1.807) is 0 Å². The Morgan fingerprint density at radius 3 is 2.76 bits per heavy atom. The molecule has 2 N–H and O–H groups in total. The average Bonchev–Trinajstić information content (AvgIpc) is 2.47. The lowest BCUT2D eigenvalue weighted by molar-refractivity contribution is -0.0424. The smallest absolute Gasteiger partial charge is 0.160 e. The highest BCUT2D eigenvalue weighted by Crippen LogP contribution is 2.26. The van der Waals surface area contributed by atoms with Crippen LogP contribution in [0, 0.1) is 17.6 Å². The van der Waals surface area contributed by atoms with E-state index < -0.39 is 17.7 Å². The zero-order chi connectivity index (χ0) is 15.2. The van der Waals surface area contributed by atoms with Crippen LogP contribution in [-0.4, -0.2) is 30.5 Å². The van der Waals surface area contributed by atoms with Crippen molar-refractivity contribution in [3.8, 4) is 0 Å². The summed E-state index contributed by atoms with van der Waals surface area (Å²) in [5.41, 5.74) is 0.444.